The number of aromatic hydroxyl groups is 1. The maximum Gasteiger partial charge on any atom is 0.116 e. The first-order valence-corrected chi connectivity index (χ1v) is 7.12. The van der Waals surface area contributed by atoms with E-state index in [-0.39, 0.29) is 5.75 Å². The van der Waals surface area contributed by atoms with Crippen LogP contribution in [0.15, 0.2) is 42.5 Å². The summed E-state index contributed by atoms with van der Waals surface area (Å²) in [6.07, 6.45) is 2.20. The molecule has 0 bridgehead atoms. The van der Waals surface area contributed by atoms with Crippen molar-refractivity contribution in [3.8, 4) is 16.9 Å². The maximum absolute atomic E-state index is 9.65. The molecule has 0 saturated carbocycles. The first kappa shape index (κ1) is 14.0. The molecule has 19 heavy (non-hydrogen) atoms. The van der Waals surface area contributed by atoms with Crippen LogP contribution in [0.3, 0.4) is 0 Å². The topological polar surface area (TPSA) is 20.2 Å². The minimum Gasteiger partial charge on any atom is -0.508 e. The van der Waals surface area contributed by atoms with Crippen molar-refractivity contribution >= 4 is 11.6 Å². The Labute approximate surface area is 119 Å². The lowest BCUT2D eigenvalue weighted by Crippen LogP contribution is -1.98. The molecule has 1 N–H and O–H groups in total. The second kappa shape index (κ2) is 6.12. The average molecular weight is 275 g/mol. The molecule has 2 aromatic rings. The Bertz CT molecular complexity index is 559. The van der Waals surface area contributed by atoms with Gasteiger partial charge in [-0.1, -0.05) is 43.6 Å². The van der Waals surface area contributed by atoms with Crippen LogP contribution in [-0.2, 0) is 0 Å². The highest BCUT2D eigenvalue weighted by atomic mass is 35.5. The van der Waals surface area contributed by atoms with Gasteiger partial charge in [0.15, 0.2) is 0 Å². The van der Waals surface area contributed by atoms with E-state index in [9.17, 15) is 5.11 Å². The summed E-state index contributed by atoms with van der Waals surface area (Å²) >= 11 is 6.14. The first-order valence-electron chi connectivity index (χ1n) is 6.74. The minimum atomic E-state index is 0.285. The van der Waals surface area contributed by atoms with Gasteiger partial charge in [-0.05, 0) is 59.7 Å². The Morgan fingerprint density at radius 2 is 1.79 bits per heavy atom. The Kier molecular flexibility index (Phi) is 4.49. The Hall–Kier alpha value is -1.47. The quantitative estimate of drug-likeness (QED) is 0.767. The molecular weight excluding hydrogens is 256 g/mol. The fraction of sp³-hybridized carbons (Fsp3) is 0.294. The maximum atomic E-state index is 9.65. The van der Waals surface area contributed by atoms with E-state index in [4.69, 9.17) is 11.6 Å². The molecule has 0 atom stereocenters. The van der Waals surface area contributed by atoms with Crippen LogP contribution in [0.1, 0.15) is 38.2 Å². The standard InChI is InChI=1S/C17H19ClO/c1-3-12(4-2)16-9-8-14(18)11-17(16)13-6-5-7-15(19)10-13/h5-12,19H,3-4H2,1-2H3. The van der Waals surface area contributed by atoms with Gasteiger partial charge in [0.05, 0.1) is 0 Å². The van der Waals surface area contributed by atoms with Gasteiger partial charge in [0, 0.05) is 5.02 Å². The molecule has 0 heterocycles. The van der Waals surface area contributed by atoms with Crippen molar-refractivity contribution in [1.82, 2.24) is 0 Å². The summed E-state index contributed by atoms with van der Waals surface area (Å²) in [6, 6.07) is 13.4. The van der Waals surface area contributed by atoms with Crippen molar-refractivity contribution in [1.29, 1.82) is 0 Å². The number of hydrogen-bond donors (Lipinski definition) is 1. The minimum absolute atomic E-state index is 0.285. The van der Waals surface area contributed by atoms with Crippen molar-refractivity contribution in [2.24, 2.45) is 0 Å². The fourth-order valence-electron chi connectivity index (χ4n) is 2.54. The molecule has 0 amide bonds. The van der Waals surface area contributed by atoms with Gasteiger partial charge in [-0.2, -0.15) is 0 Å². The van der Waals surface area contributed by atoms with Gasteiger partial charge in [0.25, 0.3) is 0 Å². The van der Waals surface area contributed by atoms with Crippen molar-refractivity contribution in [3.63, 3.8) is 0 Å². The Balaban J connectivity index is 2.57. The fourth-order valence-corrected chi connectivity index (χ4v) is 2.71. The van der Waals surface area contributed by atoms with Gasteiger partial charge in [-0.3, -0.25) is 0 Å². The molecule has 0 spiro atoms. The molecule has 0 fully saturated rings. The molecule has 0 saturated heterocycles. The van der Waals surface area contributed by atoms with E-state index in [0.29, 0.717) is 5.92 Å². The van der Waals surface area contributed by atoms with E-state index in [2.05, 4.69) is 19.9 Å². The number of rotatable bonds is 4. The van der Waals surface area contributed by atoms with E-state index in [0.717, 1.165) is 29.0 Å². The van der Waals surface area contributed by atoms with Crippen LogP contribution in [0.25, 0.3) is 11.1 Å². The number of phenolic OH excluding ortho intramolecular Hbond substituents is 1. The van der Waals surface area contributed by atoms with Gasteiger partial charge in [-0.15, -0.1) is 0 Å². The molecule has 2 aromatic carbocycles. The van der Waals surface area contributed by atoms with Crippen LogP contribution in [0.4, 0.5) is 0 Å². The van der Waals surface area contributed by atoms with Gasteiger partial charge in [0.1, 0.15) is 5.75 Å². The summed E-state index contributed by atoms with van der Waals surface area (Å²) in [5, 5.41) is 10.4. The highest BCUT2D eigenvalue weighted by Gasteiger charge is 2.14. The van der Waals surface area contributed by atoms with Crippen LogP contribution in [-0.4, -0.2) is 5.11 Å². The first-order chi connectivity index (χ1) is 9.15. The van der Waals surface area contributed by atoms with Crippen molar-refractivity contribution in [3.05, 3.63) is 53.1 Å². The highest BCUT2D eigenvalue weighted by molar-refractivity contribution is 6.30. The van der Waals surface area contributed by atoms with Crippen LogP contribution in [0.5, 0.6) is 5.75 Å². The predicted octanol–water partition coefficient (Wildman–Crippen LogP) is 5.62. The largest absolute Gasteiger partial charge is 0.508 e. The summed E-state index contributed by atoms with van der Waals surface area (Å²) in [5.74, 6) is 0.808. The number of benzene rings is 2. The summed E-state index contributed by atoms with van der Waals surface area (Å²) in [4.78, 5) is 0. The predicted molar refractivity (Wildman–Crippen MR) is 81.9 cm³/mol. The zero-order valence-electron chi connectivity index (χ0n) is 11.4. The molecule has 2 heteroatoms. The molecule has 0 unspecified atom stereocenters. The van der Waals surface area contributed by atoms with E-state index < -0.39 is 0 Å². The lowest BCUT2D eigenvalue weighted by molar-refractivity contribution is 0.475. The second-order valence-corrected chi connectivity index (χ2v) is 5.23. The lowest BCUT2D eigenvalue weighted by Gasteiger charge is -2.18. The van der Waals surface area contributed by atoms with E-state index in [1.165, 1.54) is 5.56 Å². The van der Waals surface area contributed by atoms with Crippen LogP contribution in [0, 0.1) is 0 Å². The third-order valence-corrected chi connectivity index (χ3v) is 3.83. The van der Waals surface area contributed by atoms with Crippen LogP contribution < -0.4 is 0 Å². The molecule has 0 aliphatic heterocycles. The van der Waals surface area contributed by atoms with E-state index in [1.807, 2.05) is 24.3 Å². The van der Waals surface area contributed by atoms with Crippen molar-refractivity contribution < 1.29 is 5.11 Å². The normalized spacial score (nSPS) is 10.9. The summed E-state index contributed by atoms with van der Waals surface area (Å²) < 4.78 is 0. The van der Waals surface area contributed by atoms with Crippen molar-refractivity contribution in [2.75, 3.05) is 0 Å². The SMILES string of the molecule is CCC(CC)c1ccc(Cl)cc1-c1cccc(O)c1. The zero-order valence-corrected chi connectivity index (χ0v) is 12.1. The molecule has 0 aliphatic rings. The molecule has 0 aliphatic carbocycles. The number of hydrogen-bond acceptors (Lipinski definition) is 1. The Morgan fingerprint density at radius 3 is 2.42 bits per heavy atom. The monoisotopic (exact) mass is 274 g/mol. The second-order valence-electron chi connectivity index (χ2n) is 4.80. The van der Waals surface area contributed by atoms with Gasteiger partial charge < -0.3 is 5.11 Å². The molecule has 0 aromatic heterocycles. The third-order valence-electron chi connectivity index (χ3n) is 3.60. The lowest BCUT2D eigenvalue weighted by atomic mass is 9.87. The molecule has 100 valence electrons. The summed E-state index contributed by atoms with van der Waals surface area (Å²) in [5.41, 5.74) is 3.45. The smallest absolute Gasteiger partial charge is 0.116 e. The molecule has 0 radical (unpaired) electrons. The van der Waals surface area contributed by atoms with Gasteiger partial charge >= 0.3 is 0 Å². The van der Waals surface area contributed by atoms with Crippen LogP contribution >= 0.6 is 11.6 Å². The van der Waals surface area contributed by atoms with Crippen LogP contribution in [0.2, 0.25) is 5.02 Å². The summed E-state index contributed by atoms with van der Waals surface area (Å²) in [7, 11) is 0. The zero-order chi connectivity index (χ0) is 13.8. The molecular formula is C17H19ClO. The molecule has 1 nitrogen and oxygen atoms in total. The average Bonchev–Trinajstić information content (AvgIpc) is 2.41. The van der Waals surface area contributed by atoms with Gasteiger partial charge in [-0.25, -0.2) is 0 Å². The molecule has 2 rings (SSSR count). The Morgan fingerprint density at radius 1 is 1.05 bits per heavy atom. The van der Waals surface area contributed by atoms with E-state index >= 15 is 0 Å². The highest BCUT2D eigenvalue weighted by Crippen LogP contribution is 2.35. The van der Waals surface area contributed by atoms with Gasteiger partial charge in [0.2, 0.25) is 0 Å². The number of halogens is 1. The number of phenols is 1. The van der Waals surface area contributed by atoms with Crippen molar-refractivity contribution in [2.45, 2.75) is 32.6 Å². The summed E-state index contributed by atoms with van der Waals surface area (Å²) in [6.45, 7) is 4.41. The third kappa shape index (κ3) is 3.10. The van der Waals surface area contributed by atoms with E-state index in [1.54, 1.807) is 12.1 Å².